The summed E-state index contributed by atoms with van der Waals surface area (Å²) in [6.07, 6.45) is 0. The largest absolute Gasteiger partial charge is 0.493 e. The molecule has 9 heteroatoms. The van der Waals surface area contributed by atoms with Crippen molar-refractivity contribution in [3.63, 3.8) is 0 Å². The number of hydrogen-bond acceptors (Lipinski definition) is 9. The fourth-order valence-electron chi connectivity index (χ4n) is 2.06. The zero-order valence-corrected chi connectivity index (χ0v) is 13.8. The highest BCUT2D eigenvalue weighted by Crippen LogP contribution is 2.31. The quantitative estimate of drug-likeness (QED) is 0.622. The van der Waals surface area contributed by atoms with Gasteiger partial charge in [-0.3, -0.25) is 0 Å². The van der Waals surface area contributed by atoms with Gasteiger partial charge in [0.2, 0.25) is 11.6 Å². The topological polar surface area (TPSA) is 110 Å². The molecular formula is C16H15N3O6. The molecule has 3 aromatic rings. The maximum absolute atomic E-state index is 11.8. The van der Waals surface area contributed by atoms with Crippen LogP contribution in [0, 0.1) is 6.92 Å². The molecule has 25 heavy (non-hydrogen) atoms. The van der Waals surface area contributed by atoms with Gasteiger partial charge in [-0.25, -0.2) is 4.79 Å². The third-order valence-corrected chi connectivity index (χ3v) is 3.27. The van der Waals surface area contributed by atoms with Crippen LogP contribution in [0.1, 0.15) is 22.1 Å². The first kappa shape index (κ1) is 16.5. The van der Waals surface area contributed by atoms with Crippen LogP contribution in [-0.2, 0) is 11.3 Å². The van der Waals surface area contributed by atoms with Crippen LogP contribution in [0.15, 0.2) is 33.3 Å². The van der Waals surface area contributed by atoms with Gasteiger partial charge in [0.25, 0.3) is 5.89 Å². The second-order valence-corrected chi connectivity index (χ2v) is 4.99. The molecule has 0 amide bonds. The molecule has 2 heterocycles. The van der Waals surface area contributed by atoms with E-state index < -0.39 is 5.97 Å². The summed E-state index contributed by atoms with van der Waals surface area (Å²) < 4.78 is 25.4. The van der Waals surface area contributed by atoms with Gasteiger partial charge in [0.15, 0.2) is 18.1 Å². The van der Waals surface area contributed by atoms with Gasteiger partial charge in [-0.15, -0.1) is 0 Å². The van der Waals surface area contributed by atoms with Crippen LogP contribution < -0.4 is 9.47 Å². The molecule has 0 aliphatic heterocycles. The highest BCUT2D eigenvalue weighted by Gasteiger charge is 2.16. The first-order chi connectivity index (χ1) is 12.1. The van der Waals surface area contributed by atoms with Crippen molar-refractivity contribution in [2.75, 3.05) is 14.2 Å². The van der Waals surface area contributed by atoms with Crippen molar-refractivity contribution in [1.82, 2.24) is 15.3 Å². The fourth-order valence-corrected chi connectivity index (χ4v) is 2.06. The molecule has 0 bridgehead atoms. The van der Waals surface area contributed by atoms with E-state index in [2.05, 4.69) is 15.3 Å². The van der Waals surface area contributed by atoms with Crippen molar-refractivity contribution in [3.05, 3.63) is 41.6 Å². The lowest BCUT2D eigenvalue weighted by atomic mass is 10.2. The Morgan fingerprint density at radius 1 is 1.08 bits per heavy atom. The third kappa shape index (κ3) is 3.60. The van der Waals surface area contributed by atoms with E-state index in [1.165, 1.54) is 13.2 Å². The Morgan fingerprint density at radius 2 is 1.88 bits per heavy atom. The maximum atomic E-state index is 11.8. The summed E-state index contributed by atoms with van der Waals surface area (Å²) in [6, 6.07) is 6.69. The highest BCUT2D eigenvalue weighted by atomic mass is 16.6. The van der Waals surface area contributed by atoms with Crippen molar-refractivity contribution < 1.29 is 28.1 Å². The predicted octanol–water partition coefficient (Wildman–Crippen LogP) is 2.41. The van der Waals surface area contributed by atoms with Gasteiger partial charge in [-0.1, -0.05) is 10.3 Å². The minimum atomic E-state index is -0.661. The number of methoxy groups -OCH3 is 2. The molecule has 9 nitrogen and oxygen atoms in total. The molecule has 1 aromatic carbocycles. The summed E-state index contributed by atoms with van der Waals surface area (Å²) in [7, 11) is 3.09. The maximum Gasteiger partial charge on any atom is 0.377 e. The number of aryl methyl sites for hydroxylation is 1. The van der Waals surface area contributed by atoms with Gasteiger partial charge >= 0.3 is 5.97 Å². The van der Waals surface area contributed by atoms with Crippen LogP contribution in [0.4, 0.5) is 0 Å². The summed E-state index contributed by atoms with van der Waals surface area (Å²) in [5.74, 6) is 0.963. The molecule has 2 aromatic heterocycles. The zero-order chi connectivity index (χ0) is 17.8. The molecule has 0 radical (unpaired) electrons. The van der Waals surface area contributed by atoms with Crippen LogP contribution in [0.5, 0.6) is 11.5 Å². The molecule has 0 atom stereocenters. The minimum absolute atomic E-state index is 0.0112. The summed E-state index contributed by atoms with van der Waals surface area (Å²) >= 11 is 0. The molecule has 0 aliphatic rings. The first-order valence-electron chi connectivity index (χ1n) is 7.26. The number of aromatic nitrogens is 3. The van der Waals surface area contributed by atoms with E-state index in [0.29, 0.717) is 28.6 Å². The molecule has 0 saturated heterocycles. The van der Waals surface area contributed by atoms with Crippen molar-refractivity contribution in [3.8, 4) is 22.9 Å². The summed E-state index contributed by atoms with van der Waals surface area (Å²) in [4.78, 5) is 16.0. The zero-order valence-electron chi connectivity index (χ0n) is 13.8. The Hall–Kier alpha value is -3.36. The monoisotopic (exact) mass is 345 g/mol. The molecule has 130 valence electrons. The molecule has 0 spiro atoms. The fraction of sp³-hybridized carbons (Fsp3) is 0.250. The lowest BCUT2D eigenvalue weighted by Crippen LogP contribution is -2.04. The number of hydrogen-bond donors (Lipinski definition) is 0. The van der Waals surface area contributed by atoms with Crippen LogP contribution in [0.25, 0.3) is 11.4 Å². The van der Waals surface area contributed by atoms with Gasteiger partial charge in [0.05, 0.1) is 19.9 Å². The van der Waals surface area contributed by atoms with E-state index in [0.717, 1.165) is 0 Å². The Labute approximate surface area is 142 Å². The number of carbonyl (C=O) groups is 1. The Kier molecular flexibility index (Phi) is 4.64. The molecule has 3 rings (SSSR count). The molecular weight excluding hydrogens is 330 g/mol. The van der Waals surface area contributed by atoms with E-state index in [1.54, 1.807) is 32.2 Å². The number of esters is 1. The average Bonchev–Trinajstić information content (AvgIpc) is 3.28. The van der Waals surface area contributed by atoms with Gasteiger partial charge < -0.3 is 23.3 Å². The predicted molar refractivity (Wildman–Crippen MR) is 83.2 cm³/mol. The standard InChI is InChI=1S/C16H15N3O6/c1-9-6-13(24-18-9)16(20)23-8-14-17-15(19-25-14)10-4-5-11(21-2)12(7-10)22-3/h4-7H,8H2,1-3H3. The number of nitrogens with zero attached hydrogens (tertiary/aromatic N) is 3. The lowest BCUT2D eigenvalue weighted by Gasteiger charge is -2.07. The van der Waals surface area contributed by atoms with Crippen LogP contribution in [0.3, 0.4) is 0 Å². The van der Waals surface area contributed by atoms with E-state index >= 15 is 0 Å². The van der Waals surface area contributed by atoms with Gasteiger partial charge in [-0.2, -0.15) is 4.98 Å². The van der Waals surface area contributed by atoms with Crippen LogP contribution in [0.2, 0.25) is 0 Å². The molecule has 0 saturated carbocycles. The lowest BCUT2D eigenvalue weighted by molar-refractivity contribution is 0.0383. The van der Waals surface area contributed by atoms with Crippen molar-refractivity contribution in [2.45, 2.75) is 13.5 Å². The van der Waals surface area contributed by atoms with Gasteiger partial charge in [0.1, 0.15) is 0 Å². The molecule has 0 aliphatic carbocycles. The van der Waals surface area contributed by atoms with E-state index in [1.807, 2.05) is 0 Å². The number of benzene rings is 1. The SMILES string of the molecule is COc1ccc(-c2noc(COC(=O)c3cc(C)no3)n2)cc1OC. The Morgan fingerprint density at radius 3 is 2.56 bits per heavy atom. The number of rotatable bonds is 6. The molecule has 0 fully saturated rings. The second-order valence-electron chi connectivity index (χ2n) is 4.99. The third-order valence-electron chi connectivity index (χ3n) is 3.27. The van der Waals surface area contributed by atoms with Crippen LogP contribution >= 0.6 is 0 Å². The summed E-state index contributed by atoms with van der Waals surface area (Å²) in [5.41, 5.74) is 1.25. The highest BCUT2D eigenvalue weighted by molar-refractivity contribution is 5.86. The average molecular weight is 345 g/mol. The van der Waals surface area contributed by atoms with E-state index in [-0.39, 0.29) is 18.3 Å². The normalized spacial score (nSPS) is 10.5. The van der Waals surface area contributed by atoms with Gasteiger partial charge in [0, 0.05) is 11.6 Å². The van der Waals surface area contributed by atoms with Gasteiger partial charge in [-0.05, 0) is 25.1 Å². The minimum Gasteiger partial charge on any atom is -0.493 e. The van der Waals surface area contributed by atoms with Crippen LogP contribution in [-0.4, -0.2) is 35.5 Å². The first-order valence-corrected chi connectivity index (χ1v) is 7.26. The van der Waals surface area contributed by atoms with E-state index in [9.17, 15) is 4.79 Å². The van der Waals surface area contributed by atoms with Crippen molar-refractivity contribution in [2.24, 2.45) is 0 Å². The van der Waals surface area contributed by atoms with Crippen molar-refractivity contribution in [1.29, 1.82) is 0 Å². The number of ether oxygens (including phenoxy) is 3. The molecule has 0 N–H and O–H groups in total. The molecule has 0 unspecified atom stereocenters. The Balaban J connectivity index is 1.69. The summed E-state index contributed by atoms with van der Waals surface area (Å²) in [5, 5.41) is 7.48. The van der Waals surface area contributed by atoms with E-state index in [4.69, 9.17) is 23.3 Å². The Bertz CT molecular complexity index is 886. The second kappa shape index (κ2) is 7.04. The summed E-state index contributed by atoms with van der Waals surface area (Å²) in [6.45, 7) is 1.52. The van der Waals surface area contributed by atoms with Crippen molar-refractivity contribution >= 4 is 5.97 Å². The smallest absolute Gasteiger partial charge is 0.377 e. The number of carbonyl (C=O) groups excluding carboxylic acids is 1.